The van der Waals surface area contributed by atoms with Gasteiger partial charge in [0.2, 0.25) is 0 Å². The molecule has 0 aliphatic carbocycles. The van der Waals surface area contributed by atoms with Gasteiger partial charge < -0.3 is 14.8 Å². The SMILES string of the molecule is CNC(c1ccc(OC)c(OC)c1)c1ncccc1F. The Hall–Kier alpha value is -2.14. The van der Waals surface area contributed by atoms with Crippen LogP contribution in [0, 0.1) is 5.82 Å². The minimum Gasteiger partial charge on any atom is -0.493 e. The molecule has 0 radical (unpaired) electrons. The molecule has 2 rings (SSSR count). The lowest BCUT2D eigenvalue weighted by Crippen LogP contribution is -2.20. The van der Waals surface area contributed by atoms with E-state index in [4.69, 9.17) is 9.47 Å². The van der Waals surface area contributed by atoms with E-state index in [2.05, 4.69) is 10.3 Å². The van der Waals surface area contributed by atoms with E-state index in [1.165, 1.54) is 6.07 Å². The van der Waals surface area contributed by atoms with Crippen LogP contribution in [0.1, 0.15) is 17.3 Å². The van der Waals surface area contributed by atoms with E-state index in [1.54, 1.807) is 39.6 Å². The molecule has 0 amide bonds. The molecular formula is C15H17FN2O2. The molecule has 106 valence electrons. The molecule has 1 aromatic heterocycles. The van der Waals surface area contributed by atoms with Crippen LogP contribution < -0.4 is 14.8 Å². The molecule has 5 heteroatoms. The van der Waals surface area contributed by atoms with Gasteiger partial charge in [0.1, 0.15) is 5.82 Å². The van der Waals surface area contributed by atoms with E-state index in [0.29, 0.717) is 17.2 Å². The van der Waals surface area contributed by atoms with Crippen LogP contribution in [0.3, 0.4) is 0 Å². The van der Waals surface area contributed by atoms with Crippen molar-refractivity contribution in [2.24, 2.45) is 0 Å². The fourth-order valence-corrected chi connectivity index (χ4v) is 2.10. The van der Waals surface area contributed by atoms with Crippen LogP contribution in [0.4, 0.5) is 4.39 Å². The number of methoxy groups -OCH3 is 2. The Labute approximate surface area is 117 Å². The molecule has 1 aromatic carbocycles. The summed E-state index contributed by atoms with van der Waals surface area (Å²) in [6, 6.07) is 8.08. The predicted molar refractivity (Wildman–Crippen MR) is 74.6 cm³/mol. The van der Waals surface area contributed by atoms with Crippen molar-refractivity contribution in [3.05, 3.63) is 53.6 Å². The molecule has 0 aliphatic rings. The van der Waals surface area contributed by atoms with E-state index in [0.717, 1.165) is 5.56 Å². The standard InChI is InChI=1S/C15H17FN2O2/c1-17-14(15-11(16)5-4-8-18-15)10-6-7-12(19-2)13(9-10)20-3/h4-9,14,17H,1-3H3. The number of hydrogen-bond donors (Lipinski definition) is 1. The Kier molecular flexibility index (Phi) is 4.53. The minimum absolute atomic E-state index is 0.346. The summed E-state index contributed by atoms with van der Waals surface area (Å²) in [4.78, 5) is 4.11. The van der Waals surface area contributed by atoms with Crippen molar-refractivity contribution in [2.45, 2.75) is 6.04 Å². The Morgan fingerprint density at radius 2 is 1.90 bits per heavy atom. The number of aromatic nitrogens is 1. The van der Waals surface area contributed by atoms with Crippen LogP contribution in [0.2, 0.25) is 0 Å². The molecule has 0 saturated carbocycles. The first-order chi connectivity index (χ1) is 9.71. The normalized spacial score (nSPS) is 12.0. The lowest BCUT2D eigenvalue weighted by Gasteiger charge is -2.18. The predicted octanol–water partition coefficient (Wildman–Crippen LogP) is 2.55. The van der Waals surface area contributed by atoms with Crippen molar-refractivity contribution in [3.63, 3.8) is 0 Å². The molecular weight excluding hydrogens is 259 g/mol. The summed E-state index contributed by atoms with van der Waals surface area (Å²) in [7, 11) is 4.90. The molecule has 0 fully saturated rings. The van der Waals surface area contributed by atoms with Crippen molar-refractivity contribution in [1.82, 2.24) is 10.3 Å². The van der Waals surface area contributed by atoms with Crippen molar-refractivity contribution < 1.29 is 13.9 Å². The van der Waals surface area contributed by atoms with E-state index < -0.39 is 0 Å². The molecule has 1 N–H and O–H groups in total. The summed E-state index contributed by atoms with van der Waals surface area (Å²) in [5, 5.41) is 3.07. The van der Waals surface area contributed by atoms with Gasteiger partial charge in [-0.05, 0) is 36.9 Å². The Morgan fingerprint density at radius 1 is 1.15 bits per heavy atom. The van der Waals surface area contributed by atoms with Crippen molar-refractivity contribution in [2.75, 3.05) is 21.3 Å². The number of nitrogens with zero attached hydrogens (tertiary/aromatic N) is 1. The molecule has 0 bridgehead atoms. The zero-order valence-corrected chi connectivity index (χ0v) is 11.7. The van der Waals surface area contributed by atoms with Gasteiger partial charge in [-0.2, -0.15) is 0 Å². The third kappa shape index (κ3) is 2.72. The lowest BCUT2D eigenvalue weighted by atomic mass is 10.0. The Balaban J connectivity index is 2.45. The number of hydrogen-bond acceptors (Lipinski definition) is 4. The van der Waals surface area contributed by atoms with Gasteiger partial charge in [-0.15, -0.1) is 0 Å². The number of ether oxygens (including phenoxy) is 2. The number of benzene rings is 1. The second kappa shape index (κ2) is 6.34. The van der Waals surface area contributed by atoms with Crippen LogP contribution in [-0.4, -0.2) is 26.3 Å². The van der Waals surface area contributed by atoms with E-state index in [-0.39, 0.29) is 11.9 Å². The third-order valence-electron chi connectivity index (χ3n) is 3.09. The summed E-state index contributed by atoms with van der Waals surface area (Å²) in [5.41, 5.74) is 1.20. The maximum absolute atomic E-state index is 13.9. The van der Waals surface area contributed by atoms with Gasteiger partial charge in [-0.25, -0.2) is 4.39 Å². The first kappa shape index (κ1) is 14.3. The zero-order valence-electron chi connectivity index (χ0n) is 11.7. The highest BCUT2D eigenvalue weighted by molar-refractivity contribution is 5.45. The Morgan fingerprint density at radius 3 is 2.50 bits per heavy atom. The topological polar surface area (TPSA) is 43.4 Å². The van der Waals surface area contributed by atoms with Crippen LogP contribution in [0.5, 0.6) is 11.5 Å². The Bertz CT molecular complexity index is 590. The van der Waals surface area contributed by atoms with Crippen LogP contribution >= 0.6 is 0 Å². The number of rotatable bonds is 5. The monoisotopic (exact) mass is 276 g/mol. The van der Waals surface area contributed by atoms with Gasteiger partial charge in [-0.3, -0.25) is 4.98 Å². The molecule has 1 unspecified atom stereocenters. The smallest absolute Gasteiger partial charge is 0.161 e. The van der Waals surface area contributed by atoms with Crippen LogP contribution in [-0.2, 0) is 0 Å². The quantitative estimate of drug-likeness (QED) is 0.911. The molecule has 1 atom stereocenters. The van der Waals surface area contributed by atoms with E-state index >= 15 is 0 Å². The van der Waals surface area contributed by atoms with Gasteiger partial charge in [-0.1, -0.05) is 6.07 Å². The van der Waals surface area contributed by atoms with Gasteiger partial charge in [0.05, 0.1) is 26.0 Å². The van der Waals surface area contributed by atoms with Gasteiger partial charge in [0, 0.05) is 6.20 Å². The van der Waals surface area contributed by atoms with Crippen LogP contribution in [0.25, 0.3) is 0 Å². The van der Waals surface area contributed by atoms with E-state index in [9.17, 15) is 4.39 Å². The highest BCUT2D eigenvalue weighted by atomic mass is 19.1. The first-order valence-corrected chi connectivity index (χ1v) is 6.20. The first-order valence-electron chi connectivity index (χ1n) is 6.20. The molecule has 1 heterocycles. The third-order valence-corrected chi connectivity index (χ3v) is 3.09. The van der Waals surface area contributed by atoms with Crippen molar-refractivity contribution in [3.8, 4) is 11.5 Å². The fourth-order valence-electron chi connectivity index (χ4n) is 2.10. The number of pyridine rings is 1. The summed E-state index contributed by atoms with van der Waals surface area (Å²) < 4.78 is 24.4. The molecule has 0 aliphatic heterocycles. The summed E-state index contributed by atoms with van der Waals surface area (Å²) in [6.45, 7) is 0. The van der Waals surface area contributed by atoms with Gasteiger partial charge >= 0.3 is 0 Å². The second-order valence-corrected chi connectivity index (χ2v) is 4.21. The van der Waals surface area contributed by atoms with Crippen molar-refractivity contribution >= 4 is 0 Å². The molecule has 0 spiro atoms. The van der Waals surface area contributed by atoms with Crippen molar-refractivity contribution in [1.29, 1.82) is 0 Å². The summed E-state index contributed by atoms with van der Waals surface area (Å²) >= 11 is 0. The average Bonchev–Trinajstić information content (AvgIpc) is 2.49. The highest BCUT2D eigenvalue weighted by Gasteiger charge is 2.19. The number of nitrogens with one attached hydrogen (secondary N) is 1. The maximum atomic E-state index is 13.9. The molecule has 4 nitrogen and oxygen atoms in total. The zero-order chi connectivity index (χ0) is 14.5. The number of halogens is 1. The van der Waals surface area contributed by atoms with Crippen LogP contribution in [0.15, 0.2) is 36.5 Å². The molecule has 2 aromatic rings. The summed E-state index contributed by atoms with van der Waals surface area (Å²) in [5.74, 6) is 0.885. The minimum atomic E-state index is -0.351. The lowest BCUT2D eigenvalue weighted by molar-refractivity contribution is 0.354. The fraction of sp³-hybridized carbons (Fsp3) is 0.267. The highest BCUT2D eigenvalue weighted by Crippen LogP contribution is 2.32. The average molecular weight is 276 g/mol. The summed E-state index contributed by atoms with van der Waals surface area (Å²) in [6.07, 6.45) is 1.57. The largest absolute Gasteiger partial charge is 0.493 e. The van der Waals surface area contributed by atoms with E-state index in [1.807, 2.05) is 12.1 Å². The second-order valence-electron chi connectivity index (χ2n) is 4.21. The maximum Gasteiger partial charge on any atom is 0.161 e. The van der Waals surface area contributed by atoms with Gasteiger partial charge in [0.15, 0.2) is 11.5 Å². The van der Waals surface area contributed by atoms with Gasteiger partial charge in [0.25, 0.3) is 0 Å². The molecule has 20 heavy (non-hydrogen) atoms. The molecule has 0 saturated heterocycles.